The van der Waals surface area contributed by atoms with Gasteiger partial charge in [0.2, 0.25) is 5.91 Å². The van der Waals surface area contributed by atoms with Gasteiger partial charge in [0.05, 0.1) is 6.10 Å². The zero-order valence-electron chi connectivity index (χ0n) is 8.50. The van der Waals surface area contributed by atoms with Crippen LogP contribution >= 0.6 is 7.60 Å². The van der Waals surface area contributed by atoms with Crippen LogP contribution in [0.4, 0.5) is 4.39 Å². The second kappa shape index (κ2) is 6.50. The van der Waals surface area contributed by atoms with Gasteiger partial charge in [-0.1, -0.05) is 0 Å². The summed E-state index contributed by atoms with van der Waals surface area (Å²) in [6.07, 6.45) is -9.48. The van der Waals surface area contributed by atoms with Gasteiger partial charge in [-0.2, -0.15) is 0 Å². The van der Waals surface area contributed by atoms with Gasteiger partial charge in [0.25, 0.3) is 0 Å². The number of carbonyl (C=O) groups is 1. The van der Waals surface area contributed by atoms with Gasteiger partial charge in [-0.05, 0) is 0 Å². The molecule has 0 spiro atoms. The van der Waals surface area contributed by atoms with E-state index in [0.29, 0.717) is 0 Å². The molecule has 0 saturated carbocycles. The number of hydrogen-bond acceptors (Lipinski definition) is 6. The smallest absolute Gasteiger partial charge is 0.359 e. The van der Waals surface area contributed by atoms with Crippen molar-refractivity contribution in [2.45, 2.75) is 36.7 Å². The highest BCUT2D eigenvalue weighted by Crippen LogP contribution is 2.44. The Kier molecular flexibility index (Phi) is 6.35. The summed E-state index contributed by atoms with van der Waals surface area (Å²) in [5.41, 5.74) is 0. The van der Waals surface area contributed by atoms with Crippen LogP contribution in [0.1, 0.15) is 6.42 Å². The minimum atomic E-state index is -5.06. The molecule has 6 N–H and O–H groups in total. The number of carbonyl (C=O) groups excluding carboxylic acids is 1. The van der Waals surface area contributed by atoms with E-state index in [4.69, 9.17) is 30.2 Å². The summed E-state index contributed by atoms with van der Waals surface area (Å²) < 4.78 is 23.2. The minimum absolute atomic E-state index is 0.115. The number of alkyl halides is 1. The van der Waals surface area contributed by atoms with Gasteiger partial charge >= 0.3 is 7.60 Å². The first-order chi connectivity index (χ1) is 7.61. The fourth-order valence-electron chi connectivity index (χ4n) is 0.986. The van der Waals surface area contributed by atoms with Gasteiger partial charge in [0.1, 0.15) is 18.3 Å². The average molecular weight is 276 g/mol. The van der Waals surface area contributed by atoms with Crippen molar-refractivity contribution in [2.24, 2.45) is 0 Å². The Morgan fingerprint density at radius 3 is 1.94 bits per heavy atom. The van der Waals surface area contributed by atoms with Crippen LogP contribution in [0.25, 0.3) is 0 Å². The highest BCUT2D eigenvalue weighted by atomic mass is 31.2. The predicted molar refractivity (Wildman–Crippen MR) is 51.6 cm³/mol. The monoisotopic (exact) mass is 276 g/mol. The third-order valence-corrected chi connectivity index (χ3v) is 2.98. The highest BCUT2D eigenvalue weighted by Gasteiger charge is 2.36. The lowest BCUT2D eigenvalue weighted by molar-refractivity contribution is -0.134. The molecule has 0 fully saturated rings. The molecule has 0 aromatic heterocycles. The topological polar surface area (TPSA) is 156 Å². The van der Waals surface area contributed by atoms with Crippen LogP contribution in [-0.2, 0) is 9.36 Å². The molecule has 0 aliphatic carbocycles. The summed E-state index contributed by atoms with van der Waals surface area (Å²) in [5.74, 6) is -2.72. The quantitative estimate of drug-likeness (QED) is 0.220. The molecule has 1 unspecified atom stereocenters. The molecule has 10 heteroatoms. The summed E-state index contributed by atoms with van der Waals surface area (Å²) in [5, 5.41) is 36.2. The van der Waals surface area contributed by atoms with Crippen molar-refractivity contribution in [3.05, 3.63) is 0 Å². The minimum Gasteiger partial charge on any atom is -0.390 e. The lowest BCUT2D eigenvalue weighted by atomic mass is 10.0. The van der Waals surface area contributed by atoms with Crippen molar-refractivity contribution in [3.63, 3.8) is 0 Å². The molecule has 0 aliphatic heterocycles. The largest absolute Gasteiger partial charge is 0.390 e. The number of aliphatic hydroxyl groups excluding tert-OH is 4. The van der Waals surface area contributed by atoms with Gasteiger partial charge in [0, 0.05) is 6.42 Å². The number of hydrogen-bond donors (Lipinski definition) is 6. The molecule has 5 atom stereocenters. The molecule has 0 amide bonds. The van der Waals surface area contributed by atoms with Gasteiger partial charge in [-0.3, -0.25) is 4.57 Å². The fraction of sp³-hybridized carbons (Fsp3) is 0.857. The molecule has 0 rings (SSSR count). The van der Waals surface area contributed by atoms with Crippen LogP contribution < -0.4 is 0 Å². The number of aliphatic hydroxyl groups is 4. The van der Waals surface area contributed by atoms with Crippen LogP contribution in [0.2, 0.25) is 0 Å². The van der Waals surface area contributed by atoms with Crippen LogP contribution in [0.5, 0.6) is 0 Å². The maximum Gasteiger partial charge on any atom is 0.359 e. The van der Waals surface area contributed by atoms with Gasteiger partial charge in [-0.25, -0.2) is 4.39 Å². The summed E-state index contributed by atoms with van der Waals surface area (Å²) in [7, 11) is -5.06. The molecule has 0 radical (unpaired) electrons. The van der Waals surface area contributed by atoms with Crippen molar-refractivity contribution in [1.82, 2.24) is 0 Å². The number of halogens is 1. The summed E-state index contributed by atoms with van der Waals surface area (Å²) in [6.45, 7) is 0. The average Bonchev–Trinajstić information content (AvgIpc) is 2.24. The van der Waals surface area contributed by atoms with Crippen molar-refractivity contribution >= 4 is 13.9 Å². The summed E-state index contributed by atoms with van der Waals surface area (Å²) in [6, 6.07) is 0. The van der Waals surface area contributed by atoms with E-state index in [1.165, 1.54) is 0 Å². The van der Waals surface area contributed by atoms with Gasteiger partial charge < -0.3 is 35.0 Å². The fourth-order valence-corrected chi connectivity index (χ4v) is 1.48. The van der Waals surface area contributed by atoms with Crippen LogP contribution in [0.15, 0.2) is 0 Å². The van der Waals surface area contributed by atoms with E-state index < -0.39 is 44.3 Å². The summed E-state index contributed by atoms with van der Waals surface area (Å²) >= 11 is 0. The normalized spacial score (nSPS) is 21.4. The standard InChI is InChI=1S/C7H14FO8P/c8-5(17(14,15)16)1-3(10)6(12)7(13)4(11)2-9/h2-7,10-13H,1H2,(H2,14,15,16)/t3-,4+,5?,6-,7-/m1/s1. The molecular formula is C7H14FO8P. The predicted octanol–water partition coefficient (Wildman–Crippen LogP) is -2.51. The van der Waals surface area contributed by atoms with E-state index in [9.17, 15) is 13.8 Å². The first kappa shape index (κ1) is 16.6. The molecular weight excluding hydrogens is 262 g/mol. The molecule has 17 heavy (non-hydrogen) atoms. The third-order valence-electron chi connectivity index (χ3n) is 2.03. The van der Waals surface area contributed by atoms with E-state index >= 15 is 0 Å². The van der Waals surface area contributed by atoms with Crippen molar-refractivity contribution in [3.8, 4) is 0 Å². The Labute approximate surface area is 95.5 Å². The zero-order valence-corrected chi connectivity index (χ0v) is 9.39. The number of aldehydes is 1. The lowest BCUT2D eigenvalue weighted by Crippen LogP contribution is -2.45. The molecule has 0 aliphatic rings. The summed E-state index contributed by atoms with van der Waals surface area (Å²) in [4.78, 5) is 26.8. The Hall–Kier alpha value is -0.410. The van der Waals surface area contributed by atoms with Crippen LogP contribution in [0, 0.1) is 0 Å². The van der Waals surface area contributed by atoms with E-state index in [1.807, 2.05) is 0 Å². The Morgan fingerprint density at radius 1 is 1.12 bits per heavy atom. The van der Waals surface area contributed by atoms with Crippen molar-refractivity contribution < 1.29 is 44.0 Å². The van der Waals surface area contributed by atoms with Crippen LogP contribution in [0.3, 0.4) is 0 Å². The lowest BCUT2D eigenvalue weighted by Gasteiger charge is -2.25. The molecule has 8 nitrogen and oxygen atoms in total. The molecule has 0 bridgehead atoms. The van der Waals surface area contributed by atoms with Crippen LogP contribution in [-0.4, -0.2) is 66.8 Å². The van der Waals surface area contributed by atoms with Gasteiger partial charge in [0.15, 0.2) is 6.29 Å². The highest BCUT2D eigenvalue weighted by molar-refractivity contribution is 7.52. The maximum absolute atomic E-state index is 12.8. The molecule has 0 saturated heterocycles. The Balaban J connectivity index is 4.46. The second-order valence-electron chi connectivity index (χ2n) is 3.43. The van der Waals surface area contributed by atoms with Crippen molar-refractivity contribution in [1.29, 1.82) is 0 Å². The third kappa shape index (κ3) is 5.17. The second-order valence-corrected chi connectivity index (χ2v) is 5.17. The molecule has 0 heterocycles. The maximum atomic E-state index is 12.8. The first-order valence-corrected chi connectivity index (χ1v) is 6.16. The van der Waals surface area contributed by atoms with E-state index in [0.717, 1.165) is 0 Å². The zero-order chi connectivity index (χ0) is 13.8. The Morgan fingerprint density at radius 2 is 1.59 bits per heavy atom. The van der Waals surface area contributed by atoms with Crippen molar-refractivity contribution in [2.75, 3.05) is 0 Å². The molecule has 0 aromatic carbocycles. The Bertz CT molecular complexity index is 294. The van der Waals surface area contributed by atoms with Gasteiger partial charge in [-0.15, -0.1) is 0 Å². The SMILES string of the molecule is O=C[C@H](O)[C@@H](O)[C@H](O)[C@H](O)CC(F)P(=O)(O)O. The van der Waals surface area contributed by atoms with E-state index in [-0.39, 0.29) is 6.29 Å². The first-order valence-electron chi connectivity index (χ1n) is 4.48. The number of rotatable bonds is 7. The molecule has 102 valence electrons. The van der Waals surface area contributed by atoms with E-state index in [1.54, 1.807) is 0 Å². The van der Waals surface area contributed by atoms with E-state index in [2.05, 4.69) is 0 Å². The molecule has 0 aromatic rings.